The first-order valence-electron chi connectivity index (χ1n) is 2.34. The van der Waals surface area contributed by atoms with Gasteiger partial charge in [0, 0.05) is 13.7 Å². The second kappa shape index (κ2) is 5.98. The van der Waals surface area contributed by atoms with E-state index in [2.05, 4.69) is 5.23 Å². The van der Waals surface area contributed by atoms with Crippen molar-refractivity contribution in [3.63, 3.8) is 0 Å². The van der Waals surface area contributed by atoms with Crippen molar-refractivity contribution in [2.24, 2.45) is 0 Å². The van der Waals surface area contributed by atoms with Gasteiger partial charge in [0.15, 0.2) is 7.98 Å². The molecule has 0 saturated carbocycles. The second-order valence-corrected chi connectivity index (χ2v) is 1.30. The molecule has 0 bridgehead atoms. The monoisotopic (exact) mass is 99.1 g/mol. The van der Waals surface area contributed by atoms with Crippen molar-refractivity contribution >= 4 is 7.98 Å². The topological polar surface area (TPSA) is 21.3 Å². The van der Waals surface area contributed by atoms with Crippen LogP contribution in [0.15, 0.2) is 0 Å². The summed E-state index contributed by atoms with van der Waals surface area (Å²) in [4.78, 5) is 0. The Morgan fingerprint density at radius 2 is 2.43 bits per heavy atom. The molecule has 0 aromatic rings. The molecule has 0 aromatic heterocycles. The molecule has 0 fully saturated rings. The van der Waals surface area contributed by atoms with Crippen LogP contribution in [0.4, 0.5) is 0 Å². The fraction of sp³-hybridized carbons (Fsp3) is 1.00. The summed E-state index contributed by atoms with van der Waals surface area (Å²) in [6.45, 7) is 1.61. The van der Waals surface area contributed by atoms with E-state index >= 15 is 0 Å². The summed E-state index contributed by atoms with van der Waals surface area (Å²) < 4.78 is 4.75. The minimum Gasteiger partial charge on any atom is -0.385 e. The zero-order valence-corrected chi connectivity index (χ0v) is 4.61. The van der Waals surface area contributed by atoms with Crippen LogP contribution in [0.3, 0.4) is 0 Å². The van der Waals surface area contributed by atoms with E-state index in [1.54, 1.807) is 7.11 Å². The van der Waals surface area contributed by atoms with Crippen molar-refractivity contribution < 1.29 is 4.74 Å². The maximum Gasteiger partial charge on any atom is 0.177 e. The zero-order chi connectivity index (χ0) is 5.54. The Labute approximate surface area is 45.7 Å². The molecule has 0 rings (SSSR count). The first kappa shape index (κ1) is 6.98. The highest BCUT2D eigenvalue weighted by Crippen LogP contribution is 1.73. The first-order chi connectivity index (χ1) is 3.41. The molecule has 2 nitrogen and oxygen atoms in total. The third kappa shape index (κ3) is 5.98. The van der Waals surface area contributed by atoms with Crippen LogP contribution in [-0.2, 0) is 4.74 Å². The lowest BCUT2D eigenvalue weighted by molar-refractivity contribution is 0.196. The zero-order valence-electron chi connectivity index (χ0n) is 4.61. The van der Waals surface area contributed by atoms with E-state index in [0.29, 0.717) is 0 Å². The van der Waals surface area contributed by atoms with Gasteiger partial charge in [-0.1, -0.05) is 0 Å². The van der Waals surface area contributed by atoms with Gasteiger partial charge in [0.25, 0.3) is 0 Å². The molecular formula is C4H10BNO. The van der Waals surface area contributed by atoms with Gasteiger partial charge < -0.3 is 9.96 Å². The molecule has 0 saturated heterocycles. The largest absolute Gasteiger partial charge is 0.385 e. The van der Waals surface area contributed by atoms with Crippen molar-refractivity contribution in [3.05, 3.63) is 0 Å². The van der Waals surface area contributed by atoms with Crippen LogP contribution in [0, 0.1) is 0 Å². The molecule has 0 aliphatic heterocycles. The Balaban J connectivity index is 2.45. The molecule has 0 heterocycles. The van der Waals surface area contributed by atoms with Crippen LogP contribution >= 0.6 is 0 Å². The Morgan fingerprint density at radius 3 is 2.86 bits per heavy atom. The predicted octanol–water partition coefficient (Wildman–Crippen LogP) is -0.304. The van der Waals surface area contributed by atoms with Gasteiger partial charge in [-0.3, -0.25) is 0 Å². The molecule has 0 spiro atoms. The van der Waals surface area contributed by atoms with Crippen molar-refractivity contribution in [3.8, 4) is 0 Å². The highest BCUT2D eigenvalue weighted by molar-refractivity contribution is 6.04. The van der Waals surface area contributed by atoms with Crippen molar-refractivity contribution in [1.29, 1.82) is 0 Å². The number of nitrogens with one attached hydrogen (secondary N) is 1. The molecule has 2 radical (unpaired) electrons. The second-order valence-electron chi connectivity index (χ2n) is 1.30. The van der Waals surface area contributed by atoms with Crippen molar-refractivity contribution in [1.82, 2.24) is 5.23 Å². The smallest absolute Gasteiger partial charge is 0.177 e. The third-order valence-electron chi connectivity index (χ3n) is 0.670. The van der Waals surface area contributed by atoms with E-state index < -0.39 is 0 Å². The van der Waals surface area contributed by atoms with E-state index in [1.165, 1.54) is 0 Å². The maximum atomic E-state index is 4.96. The highest BCUT2D eigenvalue weighted by Gasteiger charge is 1.78. The number of hydrogen-bond acceptors (Lipinski definition) is 2. The lowest BCUT2D eigenvalue weighted by Gasteiger charge is -1.94. The standard InChI is InChI=1S/C4H10BNO/c1-7-4-2-3-6-5/h6H,2-4H2,1H3. The number of ether oxygens (including phenoxy) is 1. The van der Waals surface area contributed by atoms with Gasteiger partial charge in [0.1, 0.15) is 0 Å². The lowest BCUT2D eigenvalue weighted by atomic mass is 10.3. The lowest BCUT2D eigenvalue weighted by Crippen LogP contribution is -2.11. The van der Waals surface area contributed by atoms with Gasteiger partial charge in [-0.25, -0.2) is 0 Å². The summed E-state index contributed by atoms with van der Waals surface area (Å²) >= 11 is 0. The average molecular weight is 98.9 g/mol. The Bertz CT molecular complexity index is 30.9. The SMILES string of the molecule is [B]NCCCOC. The summed E-state index contributed by atoms with van der Waals surface area (Å²) in [7, 11) is 6.64. The van der Waals surface area contributed by atoms with Crippen molar-refractivity contribution in [2.45, 2.75) is 6.42 Å². The summed E-state index contributed by atoms with van der Waals surface area (Å²) in [6.07, 6.45) is 0.979. The summed E-state index contributed by atoms with van der Waals surface area (Å²) in [5, 5.41) is 2.52. The maximum absolute atomic E-state index is 4.96. The van der Waals surface area contributed by atoms with Gasteiger partial charge in [0.05, 0.1) is 0 Å². The minimum atomic E-state index is 0.782. The predicted molar refractivity (Wildman–Crippen MR) is 30.2 cm³/mol. The van der Waals surface area contributed by atoms with Crippen LogP contribution in [0.2, 0.25) is 0 Å². The fourth-order valence-corrected chi connectivity index (χ4v) is 0.319. The summed E-state index contributed by atoms with van der Waals surface area (Å²) in [5.74, 6) is 0. The average Bonchev–Trinajstić information content (AvgIpc) is 1.69. The number of rotatable bonds is 4. The van der Waals surface area contributed by atoms with E-state index in [4.69, 9.17) is 12.7 Å². The molecule has 40 valence electrons. The van der Waals surface area contributed by atoms with Gasteiger partial charge >= 0.3 is 0 Å². The molecule has 0 unspecified atom stereocenters. The van der Waals surface area contributed by atoms with Gasteiger partial charge in [-0.05, 0) is 13.0 Å². The van der Waals surface area contributed by atoms with E-state index in [-0.39, 0.29) is 0 Å². The molecule has 3 heteroatoms. The van der Waals surface area contributed by atoms with E-state index in [0.717, 1.165) is 19.6 Å². The molecule has 0 aromatic carbocycles. The van der Waals surface area contributed by atoms with Crippen LogP contribution in [0.25, 0.3) is 0 Å². The number of hydrogen-bond donors (Lipinski definition) is 1. The quantitative estimate of drug-likeness (QED) is 0.385. The van der Waals surface area contributed by atoms with Crippen LogP contribution in [-0.4, -0.2) is 28.2 Å². The summed E-state index contributed by atoms with van der Waals surface area (Å²) in [6, 6.07) is 0. The van der Waals surface area contributed by atoms with Crippen LogP contribution in [0.5, 0.6) is 0 Å². The molecule has 0 amide bonds. The van der Waals surface area contributed by atoms with Crippen molar-refractivity contribution in [2.75, 3.05) is 20.3 Å². The first-order valence-corrected chi connectivity index (χ1v) is 2.34. The molecule has 0 aliphatic carbocycles. The van der Waals surface area contributed by atoms with Gasteiger partial charge in [-0.2, -0.15) is 0 Å². The normalized spacial score (nSPS) is 9.29. The molecule has 1 N–H and O–H groups in total. The number of methoxy groups -OCH3 is 1. The molecule has 0 aliphatic rings. The molecule has 0 atom stereocenters. The highest BCUT2D eigenvalue weighted by atomic mass is 16.5. The van der Waals surface area contributed by atoms with E-state index in [9.17, 15) is 0 Å². The fourth-order valence-electron chi connectivity index (χ4n) is 0.319. The third-order valence-corrected chi connectivity index (χ3v) is 0.670. The van der Waals surface area contributed by atoms with Gasteiger partial charge in [-0.15, -0.1) is 0 Å². The Morgan fingerprint density at radius 1 is 1.71 bits per heavy atom. The van der Waals surface area contributed by atoms with E-state index in [1.807, 2.05) is 0 Å². The Hall–Kier alpha value is -0.0151. The van der Waals surface area contributed by atoms with Gasteiger partial charge in [0.2, 0.25) is 0 Å². The van der Waals surface area contributed by atoms with Crippen LogP contribution < -0.4 is 5.23 Å². The minimum absolute atomic E-state index is 0.782. The Kier molecular flexibility index (Phi) is 5.97. The molecular weight excluding hydrogens is 88.9 g/mol. The summed E-state index contributed by atoms with van der Waals surface area (Å²) in [5.41, 5.74) is 0. The van der Waals surface area contributed by atoms with Crippen LogP contribution in [0.1, 0.15) is 6.42 Å². The molecule has 7 heavy (non-hydrogen) atoms.